The van der Waals surface area contributed by atoms with Crippen molar-refractivity contribution in [1.82, 2.24) is 0 Å². The highest BCUT2D eigenvalue weighted by atomic mass is 32.2. The highest BCUT2D eigenvalue weighted by Gasteiger charge is 2.40. The van der Waals surface area contributed by atoms with Gasteiger partial charge in [-0.2, -0.15) is 13.2 Å². The van der Waals surface area contributed by atoms with Gasteiger partial charge in [-0.3, -0.25) is 14.4 Å². The van der Waals surface area contributed by atoms with Crippen LogP contribution in [0.25, 0.3) is 0 Å². The molecule has 5 rings (SSSR count). The topological polar surface area (TPSA) is 78.5 Å². The Morgan fingerprint density at radius 3 is 1.98 bits per heavy atom. The highest BCUT2D eigenvalue weighted by molar-refractivity contribution is 8.04. The fraction of sp³-hybridized carbons (Fsp3) is 0.0333. The van der Waals surface area contributed by atoms with Gasteiger partial charge in [0.25, 0.3) is 17.7 Å². The molecule has 206 valence electrons. The van der Waals surface area contributed by atoms with Crippen molar-refractivity contribution in [3.05, 3.63) is 131 Å². The number of thioether (sulfide) groups is 1. The van der Waals surface area contributed by atoms with Gasteiger partial charge in [0.1, 0.15) is 16.4 Å². The molecule has 0 saturated heterocycles. The van der Waals surface area contributed by atoms with Gasteiger partial charge < -0.3 is 10.6 Å². The first kappa shape index (κ1) is 27.7. The lowest BCUT2D eigenvalue weighted by atomic mass is 10.1. The zero-order valence-corrected chi connectivity index (χ0v) is 21.7. The van der Waals surface area contributed by atoms with Gasteiger partial charge in [-0.25, -0.2) is 9.29 Å². The monoisotopic (exact) mass is 577 g/mol. The molecule has 0 aromatic heterocycles. The second kappa shape index (κ2) is 11.3. The normalized spacial score (nSPS) is 13.5. The summed E-state index contributed by atoms with van der Waals surface area (Å²) < 4.78 is 51.8. The molecule has 0 bridgehead atoms. The summed E-state index contributed by atoms with van der Waals surface area (Å²) in [5.74, 6) is -2.30. The lowest BCUT2D eigenvalue weighted by Gasteiger charge is -2.15. The second-order valence-electron chi connectivity index (χ2n) is 8.77. The zero-order valence-electron chi connectivity index (χ0n) is 20.9. The summed E-state index contributed by atoms with van der Waals surface area (Å²) in [5.41, 5.74) is 0.417. The van der Waals surface area contributed by atoms with Gasteiger partial charge in [0.05, 0.1) is 11.3 Å². The Balaban J connectivity index is 1.36. The van der Waals surface area contributed by atoms with E-state index in [0.29, 0.717) is 16.3 Å². The van der Waals surface area contributed by atoms with E-state index in [1.165, 1.54) is 12.1 Å². The van der Waals surface area contributed by atoms with Crippen LogP contribution in [0.15, 0.2) is 119 Å². The van der Waals surface area contributed by atoms with Crippen molar-refractivity contribution in [1.29, 1.82) is 0 Å². The fourth-order valence-corrected chi connectivity index (χ4v) is 4.87. The van der Waals surface area contributed by atoms with Gasteiger partial charge in [0, 0.05) is 21.8 Å². The molecule has 2 N–H and O–H groups in total. The number of nitrogens with one attached hydrogen (secondary N) is 2. The molecule has 0 radical (unpaired) electrons. The summed E-state index contributed by atoms with van der Waals surface area (Å²) in [6.07, 6.45) is -4.50. The first-order valence-corrected chi connectivity index (χ1v) is 12.9. The maximum Gasteiger partial charge on any atom is 0.416 e. The third-order valence-corrected chi connectivity index (χ3v) is 7.07. The van der Waals surface area contributed by atoms with E-state index >= 15 is 0 Å². The van der Waals surface area contributed by atoms with E-state index in [-0.39, 0.29) is 21.9 Å². The van der Waals surface area contributed by atoms with Crippen LogP contribution >= 0.6 is 11.8 Å². The molecule has 0 spiro atoms. The Morgan fingerprint density at radius 2 is 1.37 bits per heavy atom. The number of anilines is 3. The van der Waals surface area contributed by atoms with E-state index in [1.807, 2.05) is 0 Å². The van der Waals surface area contributed by atoms with Gasteiger partial charge in [0.2, 0.25) is 0 Å². The summed E-state index contributed by atoms with van der Waals surface area (Å²) in [4.78, 5) is 40.9. The number of amides is 3. The van der Waals surface area contributed by atoms with Crippen molar-refractivity contribution in [2.24, 2.45) is 0 Å². The lowest BCUT2D eigenvalue weighted by Crippen LogP contribution is -2.32. The average Bonchev–Trinajstić information content (AvgIpc) is 3.18. The van der Waals surface area contributed by atoms with Crippen LogP contribution in [0.1, 0.15) is 15.9 Å². The smallest absolute Gasteiger partial charge is 0.350 e. The van der Waals surface area contributed by atoms with Crippen molar-refractivity contribution in [2.45, 2.75) is 11.1 Å². The summed E-state index contributed by atoms with van der Waals surface area (Å²) in [5, 5.41) is 5.63. The number of alkyl halides is 3. The molecule has 0 unspecified atom stereocenters. The van der Waals surface area contributed by atoms with Gasteiger partial charge in [0.15, 0.2) is 0 Å². The van der Waals surface area contributed by atoms with Crippen LogP contribution in [-0.4, -0.2) is 17.7 Å². The molecule has 1 aliphatic heterocycles. The molecule has 6 nitrogen and oxygen atoms in total. The summed E-state index contributed by atoms with van der Waals surface area (Å²) in [7, 11) is 0. The number of hydrogen-bond donors (Lipinski definition) is 2. The van der Waals surface area contributed by atoms with Crippen LogP contribution in [-0.2, 0) is 15.8 Å². The molecular weight excluding hydrogens is 558 g/mol. The van der Waals surface area contributed by atoms with Crippen molar-refractivity contribution >= 4 is 46.5 Å². The number of para-hydroxylation sites is 1. The fourth-order valence-electron chi connectivity index (χ4n) is 3.94. The zero-order chi connectivity index (χ0) is 29.1. The molecule has 1 heterocycles. The third kappa shape index (κ3) is 6.15. The highest BCUT2D eigenvalue weighted by Crippen LogP contribution is 2.38. The number of benzene rings is 4. The molecule has 0 saturated carbocycles. The maximum atomic E-state index is 13.5. The number of carbonyl (C=O) groups is 3. The molecular formula is C30H19F4N3O3S. The van der Waals surface area contributed by atoms with Gasteiger partial charge in [-0.1, -0.05) is 30.0 Å². The molecule has 41 heavy (non-hydrogen) atoms. The minimum Gasteiger partial charge on any atom is -0.350 e. The molecule has 1 aliphatic rings. The predicted molar refractivity (Wildman–Crippen MR) is 148 cm³/mol. The number of halogens is 4. The van der Waals surface area contributed by atoms with Crippen molar-refractivity contribution in [2.75, 3.05) is 15.5 Å². The van der Waals surface area contributed by atoms with E-state index < -0.39 is 35.3 Å². The van der Waals surface area contributed by atoms with Crippen molar-refractivity contribution in [3.8, 4) is 0 Å². The van der Waals surface area contributed by atoms with Crippen LogP contribution in [0, 0.1) is 5.82 Å². The molecule has 4 aromatic carbocycles. The molecule has 0 aliphatic carbocycles. The predicted octanol–water partition coefficient (Wildman–Crippen LogP) is 7.09. The van der Waals surface area contributed by atoms with Crippen LogP contribution in [0.5, 0.6) is 0 Å². The van der Waals surface area contributed by atoms with E-state index in [0.717, 1.165) is 53.1 Å². The second-order valence-corrected chi connectivity index (χ2v) is 9.86. The lowest BCUT2D eigenvalue weighted by molar-refractivity contribution is -0.137. The van der Waals surface area contributed by atoms with Crippen LogP contribution in [0.3, 0.4) is 0 Å². The SMILES string of the molecule is O=C(Nc1ccc(SC2=C(Nc3ccccc3)C(=O)N(c3ccc(F)cc3)C2=O)cc1)c1ccc(C(F)(F)F)cc1. The first-order chi connectivity index (χ1) is 19.6. The first-order valence-electron chi connectivity index (χ1n) is 12.1. The molecule has 11 heteroatoms. The van der Waals surface area contributed by atoms with Crippen molar-refractivity contribution in [3.63, 3.8) is 0 Å². The quantitative estimate of drug-likeness (QED) is 0.181. The van der Waals surface area contributed by atoms with E-state index in [4.69, 9.17) is 0 Å². The number of nitrogens with zero attached hydrogens (tertiary/aromatic N) is 1. The van der Waals surface area contributed by atoms with Gasteiger partial charge >= 0.3 is 6.18 Å². The Labute approximate surface area is 235 Å². The van der Waals surface area contributed by atoms with E-state index in [1.54, 1.807) is 54.6 Å². The average molecular weight is 578 g/mol. The Morgan fingerprint density at radius 1 is 0.732 bits per heavy atom. The van der Waals surface area contributed by atoms with Crippen LogP contribution in [0.2, 0.25) is 0 Å². The Hall–Kier alpha value is -4.90. The molecule has 0 fully saturated rings. The summed E-state index contributed by atoms with van der Waals surface area (Å²) in [6, 6.07) is 24.0. The van der Waals surface area contributed by atoms with Gasteiger partial charge in [-0.15, -0.1) is 0 Å². The standard InChI is InChI=1S/C30H19F4N3O3S/c31-20-10-14-23(15-11-20)37-28(39)25(35-21-4-2-1-3-5-21)26(29(37)40)41-24-16-12-22(13-17-24)36-27(38)18-6-8-19(9-7-18)30(32,33)34/h1-17,35H,(H,36,38). The number of hydrogen-bond acceptors (Lipinski definition) is 5. The summed E-state index contributed by atoms with van der Waals surface area (Å²) >= 11 is 1.03. The Bertz CT molecular complexity index is 1640. The minimum absolute atomic E-state index is 0.0502. The number of imide groups is 1. The maximum absolute atomic E-state index is 13.5. The number of rotatable bonds is 7. The largest absolute Gasteiger partial charge is 0.416 e. The summed E-state index contributed by atoms with van der Waals surface area (Å²) in [6.45, 7) is 0. The number of carbonyl (C=O) groups excluding carboxylic acids is 3. The molecule has 0 atom stereocenters. The van der Waals surface area contributed by atoms with Gasteiger partial charge in [-0.05, 0) is 84.9 Å². The van der Waals surface area contributed by atoms with Crippen molar-refractivity contribution < 1.29 is 31.9 Å². The molecule has 4 aromatic rings. The van der Waals surface area contributed by atoms with E-state index in [2.05, 4.69) is 10.6 Å². The molecule has 3 amide bonds. The van der Waals surface area contributed by atoms with E-state index in [9.17, 15) is 31.9 Å². The van der Waals surface area contributed by atoms with Crippen LogP contribution < -0.4 is 15.5 Å². The third-order valence-electron chi connectivity index (χ3n) is 5.98. The minimum atomic E-state index is -4.50. The van der Waals surface area contributed by atoms with Crippen LogP contribution in [0.4, 0.5) is 34.6 Å². The Kier molecular flexibility index (Phi) is 7.62.